The highest BCUT2D eigenvalue weighted by molar-refractivity contribution is 5.09. The van der Waals surface area contributed by atoms with Gasteiger partial charge in [0.1, 0.15) is 0 Å². The zero-order valence-electron chi connectivity index (χ0n) is 10.5. The van der Waals surface area contributed by atoms with Crippen LogP contribution in [0.25, 0.3) is 0 Å². The summed E-state index contributed by atoms with van der Waals surface area (Å²) >= 11 is 0. The third-order valence-electron chi connectivity index (χ3n) is 4.92. The van der Waals surface area contributed by atoms with Gasteiger partial charge in [-0.25, -0.2) is 0 Å². The van der Waals surface area contributed by atoms with Crippen LogP contribution in [-0.4, -0.2) is 13.7 Å². The van der Waals surface area contributed by atoms with Gasteiger partial charge in [-0.05, 0) is 41.9 Å². The summed E-state index contributed by atoms with van der Waals surface area (Å²) in [4.78, 5) is 0. The Bertz CT molecular complexity index is 258. The Morgan fingerprint density at radius 1 is 1.40 bits per heavy atom. The molecule has 0 bridgehead atoms. The summed E-state index contributed by atoms with van der Waals surface area (Å²) < 4.78 is 5.43. The Kier molecular flexibility index (Phi) is 2.94. The standard InChI is InChI=1S/C14H24O/c1-10-8-14(3,9-15-4)11(2)13-7-5-6-12(10)13/h5-6,10-13H,7-9H2,1-4H3. The van der Waals surface area contributed by atoms with Crippen LogP contribution in [0.2, 0.25) is 0 Å². The van der Waals surface area contributed by atoms with Gasteiger partial charge in [0, 0.05) is 7.11 Å². The van der Waals surface area contributed by atoms with Crippen molar-refractivity contribution in [3.05, 3.63) is 12.2 Å². The summed E-state index contributed by atoms with van der Waals surface area (Å²) in [7, 11) is 1.83. The lowest BCUT2D eigenvalue weighted by Gasteiger charge is -2.49. The highest BCUT2D eigenvalue weighted by Crippen LogP contribution is 2.53. The van der Waals surface area contributed by atoms with Crippen LogP contribution in [0.1, 0.15) is 33.6 Å². The molecule has 5 atom stereocenters. The lowest BCUT2D eigenvalue weighted by atomic mass is 9.57. The molecule has 1 saturated carbocycles. The van der Waals surface area contributed by atoms with Crippen molar-refractivity contribution in [1.29, 1.82) is 0 Å². The predicted molar refractivity (Wildman–Crippen MR) is 63.7 cm³/mol. The van der Waals surface area contributed by atoms with E-state index in [1.54, 1.807) is 0 Å². The van der Waals surface area contributed by atoms with Crippen LogP contribution in [0.3, 0.4) is 0 Å². The van der Waals surface area contributed by atoms with E-state index in [0.29, 0.717) is 5.41 Å². The molecule has 86 valence electrons. The SMILES string of the molecule is COCC1(C)CC(C)C2C=CCC2C1C. The average molecular weight is 208 g/mol. The van der Waals surface area contributed by atoms with E-state index in [2.05, 4.69) is 32.9 Å². The lowest BCUT2D eigenvalue weighted by Crippen LogP contribution is -2.44. The summed E-state index contributed by atoms with van der Waals surface area (Å²) in [5.41, 5.74) is 0.390. The first kappa shape index (κ1) is 11.2. The molecule has 0 aromatic rings. The normalized spacial score (nSPS) is 49.3. The average Bonchev–Trinajstić information content (AvgIpc) is 2.63. The first-order chi connectivity index (χ1) is 7.08. The number of fused-ring (bicyclic) bond motifs is 1. The maximum absolute atomic E-state index is 5.43. The van der Waals surface area contributed by atoms with E-state index in [9.17, 15) is 0 Å². The molecule has 5 unspecified atom stereocenters. The van der Waals surface area contributed by atoms with E-state index in [0.717, 1.165) is 30.3 Å². The molecule has 2 aliphatic rings. The largest absolute Gasteiger partial charge is 0.384 e. The number of ether oxygens (including phenoxy) is 1. The summed E-state index contributed by atoms with van der Waals surface area (Å²) in [5.74, 6) is 3.32. The minimum atomic E-state index is 0.390. The highest BCUT2D eigenvalue weighted by atomic mass is 16.5. The lowest BCUT2D eigenvalue weighted by molar-refractivity contribution is -0.0391. The van der Waals surface area contributed by atoms with Crippen molar-refractivity contribution in [2.24, 2.45) is 29.1 Å². The van der Waals surface area contributed by atoms with Gasteiger partial charge in [-0.15, -0.1) is 0 Å². The van der Waals surface area contributed by atoms with Crippen LogP contribution in [-0.2, 0) is 4.74 Å². The number of methoxy groups -OCH3 is 1. The fraction of sp³-hybridized carbons (Fsp3) is 0.857. The molecule has 1 nitrogen and oxygen atoms in total. The van der Waals surface area contributed by atoms with Gasteiger partial charge >= 0.3 is 0 Å². The second-order valence-electron chi connectivity index (χ2n) is 5.96. The monoisotopic (exact) mass is 208 g/mol. The van der Waals surface area contributed by atoms with E-state index in [-0.39, 0.29) is 0 Å². The van der Waals surface area contributed by atoms with Crippen molar-refractivity contribution in [3.8, 4) is 0 Å². The second-order valence-corrected chi connectivity index (χ2v) is 5.96. The third-order valence-corrected chi connectivity index (χ3v) is 4.92. The summed E-state index contributed by atoms with van der Waals surface area (Å²) in [6.45, 7) is 8.16. The van der Waals surface area contributed by atoms with Crippen molar-refractivity contribution < 1.29 is 4.74 Å². The Labute approximate surface area is 93.9 Å². The fourth-order valence-corrected chi connectivity index (χ4v) is 3.94. The predicted octanol–water partition coefficient (Wildman–Crippen LogP) is 3.51. The van der Waals surface area contributed by atoms with Crippen molar-refractivity contribution >= 4 is 0 Å². The molecule has 15 heavy (non-hydrogen) atoms. The molecule has 0 amide bonds. The highest BCUT2D eigenvalue weighted by Gasteiger charge is 2.47. The number of allylic oxidation sites excluding steroid dienone is 2. The van der Waals surface area contributed by atoms with Crippen molar-refractivity contribution in [2.45, 2.75) is 33.6 Å². The molecule has 1 heteroatoms. The van der Waals surface area contributed by atoms with Crippen molar-refractivity contribution in [2.75, 3.05) is 13.7 Å². The van der Waals surface area contributed by atoms with Crippen LogP contribution in [0.5, 0.6) is 0 Å². The third kappa shape index (κ3) is 1.75. The van der Waals surface area contributed by atoms with E-state index < -0.39 is 0 Å². The van der Waals surface area contributed by atoms with E-state index in [4.69, 9.17) is 4.74 Å². The molecular weight excluding hydrogens is 184 g/mol. The van der Waals surface area contributed by atoms with E-state index in [1.807, 2.05) is 7.11 Å². The van der Waals surface area contributed by atoms with Crippen molar-refractivity contribution in [1.82, 2.24) is 0 Å². The second kappa shape index (κ2) is 3.93. The van der Waals surface area contributed by atoms with Gasteiger partial charge in [-0.2, -0.15) is 0 Å². The number of hydrogen-bond donors (Lipinski definition) is 0. The van der Waals surface area contributed by atoms with Gasteiger partial charge in [0.2, 0.25) is 0 Å². The van der Waals surface area contributed by atoms with Crippen LogP contribution in [0.15, 0.2) is 12.2 Å². The molecular formula is C14H24O. The van der Waals surface area contributed by atoms with Gasteiger partial charge in [0.15, 0.2) is 0 Å². The Morgan fingerprint density at radius 2 is 2.13 bits per heavy atom. The molecule has 0 spiro atoms. The van der Waals surface area contributed by atoms with Crippen LogP contribution >= 0.6 is 0 Å². The summed E-state index contributed by atoms with van der Waals surface area (Å²) in [5, 5.41) is 0. The maximum Gasteiger partial charge on any atom is 0.0518 e. The minimum Gasteiger partial charge on any atom is -0.384 e. The Morgan fingerprint density at radius 3 is 2.80 bits per heavy atom. The molecule has 0 saturated heterocycles. The number of hydrogen-bond acceptors (Lipinski definition) is 1. The van der Waals surface area contributed by atoms with Gasteiger partial charge in [-0.1, -0.05) is 32.9 Å². The van der Waals surface area contributed by atoms with Crippen LogP contribution in [0.4, 0.5) is 0 Å². The minimum absolute atomic E-state index is 0.390. The van der Waals surface area contributed by atoms with Crippen LogP contribution < -0.4 is 0 Å². The van der Waals surface area contributed by atoms with E-state index in [1.165, 1.54) is 12.8 Å². The zero-order valence-corrected chi connectivity index (χ0v) is 10.5. The van der Waals surface area contributed by atoms with Gasteiger partial charge in [-0.3, -0.25) is 0 Å². The Hall–Kier alpha value is -0.300. The topological polar surface area (TPSA) is 9.23 Å². The molecule has 0 N–H and O–H groups in total. The quantitative estimate of drug-likeness (QED) is 0.631. The molecule has 2 rings (SSSR count). The Balaban J connectivity index is 2.17. The molecule has 2 aliphatic carbocycles. The van der Waals surface area contributed by atoms with Gasteiger partial charge in [0.25, 0.3) is 0 Å². The molecule has 0 aromatic heterocycles. The first-order valence-electron chi connectivity index (χ1n) is 6.24. The van der Waals surface area contributed by atoms with Gasteiger partial charge < -0.3 is 4.74 Å². The van der Waals surface area contributed by atoms with E-state index >= 15 is 0 Å². The fourth-order valence-electron chi connectivity index (χ4n) is 3.94. The maximum atomic E-state index is 5.43. The number of rotatable bonds is 2. The first-order valence-corrected chi connectivity index (χ1v) is 6.24. The molecule has 0 aliphatic heterocycles. The molecule has 0 aromatic carbocycles. The van der Waals surface area contributed by atoms with Gasteiger partial charge in [0.05, 0.1) is 6.61 Å². The zero-order chi connectivity index (χ0) is 11.1. The van der Waals surface area contributed by atoms with Crippen LogP contribution in [0, 0.1) is 29.1 Å². The molecule has 0 heterocycles. The summed E-state index contributed by atoms with van der Waals surface area (Å²) in [6, 6.07) is 0. The molecule has 1 fully saturated rings. The molecule has 0 radical (unpaired) electrons. The smallest absolute Gasteiger partial charge is 0.0518 e. The summed E-state index contributed by atoms with van der Waals surface area (Å²) in [6.07, 6.45) is 7.45. The van der Waals surface area contributed by atoms with Crippen molar-refractivity contribution in [3.63, 3.8) is 0 Å².